The Morgan fingerprint density at radius 1 is 0.900 bits per heavy atom. The van der Waals surface area contributed by atoms with Gasteiger partial charge in [0, 0.05) is 10.9 Å². The normalized spacial score (nSPS) is 11.4. The van der Waals surface area contributed by atoms with E-state index in [1.165, 1.54) is 4.80 Å². The highest BCUT2D eigenvalue weighted by atomic mass is 19.3. The molecular formula is C20H13F2N7O. The highest BCUT2D eigenvalue weighted by Crippen LogP contribution is 2.23. The second-order valence-corrected chi connectivity index (χ2v) is 6.48. The van der Waals surface area contributed by atoms with E-state index in [0.29, 0.717) is 23.6 Å². The summed E-state index contributed by atoms with van der Waals surface area (Å²) in [5, 5.41) is 20.6. The number of para-hydroxylation sites is 1. The molecule has 0 fully saturated rings. The van der Waals surface area contributed by atoms with Gasteiger partial charge in [-0.2, -0.15) is 13.6 Å². The van der Waals surface area contributed by atoms with Gasteiger partial charge in [-0.25, -0.2) is 4.98 Å². The van der Waals surface area contributed by atoms with Crippen LogP contribution in [0.1, 0.15) is 17.9 Å². The summed E-state index contributed by atoms with van der Waals surface area (Å²) in [6, 6.07) is 18.7. The molecule has 148 valence electrons. The summed E-state index contributed by atoms with van der Waals surface area (Å²) in [4.78, 5) is 6.03. The number of rotatable bonds is 5. The molecule has 0 bridgehead atoms. The molecule has 30 heavy (non-hydrogen) atoms. The predicted octanol–water partition coefficient (Wildman–Crippen LogP) is 3.92. The molecule has 0 unspecified atom stereocenters. The molecule has 3 aromatic heterocycles. The van der Waals surface area contributed by atoms with Gasteiger partial charge in [0.15, 0.2) is 0 Å². The lowest BCUT2D eigenvalue weighted by molar-refractivity contribution is 0.116. The summed E-state index contributed by atoms with van der Waals surface area (Å²) in [6.07, 6.45) is -2.80. The Balaban J connectivity index is 1.33. The lowest BCUT2D eigenvalue weighted by Crippen LogP contribution is -2.04. The first kappa shape index (κ1) is 18.0. The van der Waals surface area contributed by atoms with Crippen molar-refractivity contribution >= 4 is 10.9 Å². The summed E-state index contributed by atoms with van der Waals surface area (Å²) in [7, 11) is 0. The first-order valence-corrected chi connectivity index (χ1v) is 9.00. The Morgan fingerprint density at radius 3 is 2.53 bits per heavy atom. The van der Waals surface area contributed by atoms with Crippen LogP contribution in [-0.4, -0.2) is 35.4 Å². The van der Waals surface area contributed by atoms with E-state index in [1.54, 1.807) is 24.3 Å². The maximum absolute atomic E-state index is 12.6. The zero-order valence-corrected chi connectivity index (χ0v) is 15.4. The van der Waals surface area contributed by atoms with Crippen LogP contribution in [0.5, 0.6) is 0 Å². The van der Waals surface area contributed by atoms with Crippen LogP contribution < -0.4 is 0 Å². The Kier molecular flexibility index (Phi) is 4.43. The topological polar surface area (TPSA) is 95.4 Å². The molecule has 10 heteroatoms. The highest BCUT2D eigenvalue weighted by molar-refractivity contribution is 5.80. The smallest absolute Gasteiger partial charge is 0.314 e. The maximum atomic E-state index is 12.6. The van der Waals surface area contributed by atoms with Crippen LogP contribution in [0.3, 0.4) is 0 Å². The number of tetrazole rings is 1. The maximum Gasteiger partial charge on any atom is 0.314 e. The second-order valence-electron chi connectivity index (χ2n) is 6.48. The number of hydrogen-bond acceptors (Lipinski definition) is 7. The van der Waals surface area contributed by atoms with Gasteiger partial charge in [0.2, 0.25) is 11.7 Å². The zero-order valence-electron chi connectivity index (χ0n) is 15.4. The molecule has 0 N–H and O–H groups in total. The van der Waals surface area contributed by atoms with Crippen LogP contribution in [0.25, 0.3) is 33.9 Å². The Hall–Kier alpha value is -4.08. The number of halogens is 2. The van der Waals surface area contributed by atoms with Gasteiger partial charge in [0.25, 0.3) is 5.89 Å². The van der Waals surface area contributed by atoms with E-state index in [0.717, 1.165) is 16.5 Å². The lowest BCUT2D eigenvalue weighted by Gasteiger charge is -2.01. The first-order valence-electron chi connectivity index (χ1n) is 9.00. The van der Waals surface area contributed by atoms with Crippen molar-refractivity contribution in [2.75, 3.05) is 0 Å². The van der Waals surface area contributed by atoms with E-state index in [4.69, 9.17) is 4.42 Å². The van der Waals surface area contributed by atoms with Crippen LogP contribution >= 0.6 is 0 Å². The van der Waals surface area contributed by atoms with Gasteiger partial charge in [0.05, 0.1) is 12.1 Å². The van der Waals surface area contributed by atoms with E-state index in [2.05, 4.69) is 30.6 Å². The first-order chi connectivity index (χ1) is 14.7. The van der Waals surface area contributed by atoms with Crippen molar-refractivity contribution in [2.24, 2.45) is 0 Å². The van der Waals surface area contributed by atoms with Crippen LogP contribution in [-0.2, 0) is 6.54 Å². The third-order valence-corrected chi connectivity index (χ3v) is 4.43. The fraction of sp³-hybridized carbons (Fsp3) is 0.100. The van der Waals surface area contributed by atoms with Crippen molar-refractivity contribution in [3.05, 3.63) is 72.1 Å². The van der Waals surface area contributed by atoms with Crippen molar-refractivity contribution in [1.29, 1.82) is 0 Å². The van der Waals surface area contributed by atoms with Crippen molar-refractivity contribution in [1.82, 2.24) is 35.4 Å². The number of hydrogen-bond donors (Lipinski definition) is 0. The van der Waals surface area contributed by atoms with Crippen LogP contribution in [0.4, 0.5) is 8.78 Å². The van der Waals surface area contributed by atoms with Gasteiger partial charge in [-0.1, -0.05) is 36.4 Å². The standard InChI is InChI=1S/C20H13F2N7O/c21-17(22)20-26-25-19(30-20)14-7-5-12(6-8-14)11-29-27-18(24-28-29)16-10-9-13-3-1-2-4-15(13)23-16/h1-10,17H,11H2. The van der Waals surface area contributed by atoms with Crippen molar-refractivity contribution < 1.29 is 13.2 Å². The van der Waals surface area contributed by atoms with Gasteiger partial charge in [-0.15, -0.1) is 20.4 Å². The molecule has 0 aliphatic rings. The van der Waals surface area contributed by atoms with Gasteiger partial charge in [-0.3, -0.25) is 0 Å². The van der Waals surface area contributed by atoms with Crippen molar-refractivity contribution in [3.63, 3.8) is 0 Å². The van der Waals surface area contributed by atoms with E-state index in [-0.39, 0.29) is 5.89 Å². The molecule has 5 aromatic rings. The monoisotopic (exact) mass is 405 g/mol. The largest absolute Gasteiger partial charge is 0.415 e. The number of nitrogens with zero attached hydrogens (tertiary/aromatic N) is 7. The number of pyridine rings is 1. The van der Waals surface area contributed by atoms with E-state index in [9.17, 15) is 8.78 Å². The summed E-state index contributed by atoms with van der Waals surface area (Å²) < 4.78 is 30.1. The van der Waals surface area contributed by atoms with E-state index < -0.39 is 12.3 Å². The van der Waals surface area contributed by atoms with E-state index >= 15 is 0 Å². The molecule has 5 rings (SSSR count). The number of aromatic nitrogens is 7. The molecule has 0 aliphatic carbocycles. The Bertz CT molecular complexity index is 1310. The third kappa shape index (κ3) is 3.50. The summed E-state index contributed by atoms with van der Waals surface area (Å²) in [5.74, 6) is -0.223. The number of benzene rings is 2. The SMILES string of the molecule is FC(F)c1nnc(-c2ccc(Cn3nnc(-c4ccc5ccccc5n4)n3)cc2)o1. The molecule has 3 heterocycles. The lowest BCUT2D eigenvalue weighted by atomic mass is 10.1. The molecule has 0 radical (unpaired) electrons. The average molecular weight is 405 g/mol. The number of alkyl halides is 2. The molecule has 2 aromatic carbocycles. The summed E-state index contributed by atoms with van der Waals surface area (Å²) in [5.41, 5.74) is 2.94. The van der Waals surface area contributed by atoms with Gasteiger partial charge >= 0.3 is 6.43 Å². The Labute approximate surface area is 168 Å². The summed E-state index contributed by atoms with van der Waals surface area (Å²) >= 11 is 0. The predicted molar refractivity (Wildman–Crippen MR) is 102 cm³/mol. The van der Waals surface area contributed by atoms with Crippen LogP contribution in [0, 0.1) is 0 Å². The zero-order chi connectivity index (χ0) is 20.5. The molecule has 0 spiro atoms. The number of fused-ring (bicyclic) bond motifs is 1. The summed E-state index contributed by atoms with van der Waals surface area (Å²) in [6.45, 7) is 0.382. The van der Waals surface area contributed by atoms with Gasteiger partial charge in [-0.05, 0) is 35.0 Å². The van der Waals surface area contributed by atoms with Gasteiger partial charge in [0.1, 0.15) is 5.69 Å². The highest BCUT2D eigenvalue weighted by Gasteiger charge is 2.17. The fourth-order valence-corrected chi connectivity index (χ4v) is 2.96. The minimum atomic E-state index is -2.80. The van der Waals surface area contributed by atoms with Crippen LogP contribution in [0.15, 0.2) is 65.1 Å². The van der Waals surface area contributed by atoms with E-state index in [1.807, 2.05) is 36.4 Å². The Morgan fingerprint density at radius 2 is 1.73 bits per heavy atom. The molecule has 8 nitrogen and oxygen atoms in total. The quantitative estimate of drug-likeness (QED) is 0.437. The minimum absolute atomic E-state index is 0.0420. The fourth-order valence-electron chi connectivity index (χ4n) is 2.96. The van der Waals surface area contributed by atoms with Crippen LogP contribution in [0.2, 0.25) is 0 Å². The molecule has 0 saturated carbocycles. The molecule has 0 saturated heterocycles. The molecule has 0 amide bonds. The third-order valence-electron chi connectivity index (χ3n) is 4.43. The van der Waals surface area contributed by atoms with Crippen molar-refractivity contribution in [3.8, 4) is 23.0 Å². The van der Waals surface area contributed by atoms with Crippen molar-refractivity contribution in [2.45, 2.75) is 13.0 Å². The molecule has 0 aliphatic heterocycles. The average Bonchev–Trinajstić information content (AvgIpc) is 3.44. The minimum Gasteiger partial charge on any atom is -0.415 e. The van der Waals surface area contributed by atoms with Gasteiger partial charge < -0.3 is 4.42 Å². The molecular weight excluding hydrogens is 392 g/mol. The molecule has 0 atom stereocenters. The second kappa shape index (κ2) is 7.39.